The Morgan fingerprint density at radius 1 is 1.62 bits per heavy atom. The van der Waals surface area contributed by atoms with E-state index in [1.54, 1.807) is 6.07 Å². The summed E-state index contributed by atoms with van der Waals surface area (Å²) in [5, 5.41) is 12.2. The molecule has 13 heavy (non-hydrogen) atoms. The topological polar surface area (TPSA) is 29.5 Å². The molecule has 0 atom stereocenters. The molecule has 1 aromatic rings. The van der Waals surface area contributed by atoms with E-state index in [0.29, 0.717) is 11.6 Å². The number of aliphatic hydroxyl groups is 1. The molecular weight excluding hydrogens is 208 g/mol. The average molecular weight is 221 g/mol. The molecule has 0 saturated heterocycles. The molecule has 4 heteroatoms. The predicted octanol–water partition coefficient (Wildman–Crippen LogP) is 2.80. The fraction of sp³-hybridized carbons (Fsp3) is 0.556. The molecule has 0 bridgehead atoms. The quantitative estimate of drug-likeness (QED) is 0.846. The fourth-order valence-corrected chi connectivity index (χ4v) is 1.65. The van der Waals surface area contributed by atoms with Crippen molar-refractivity contribution in [1.82, 2.24) is 0 Å². The normalized spacial score (nSPS) is 11.7. The summed E-state index contributed by atoms with van der Waals surface area (Å²) in [5.41, 5.74) is -0.215. The van der Waals surface area contributed by atoms with Gasteiger partial charge < -0.3 is 9.84 Å². The second-order valence-electron chi connectivity index (χ2n) is 3.67. The Kier molecular flexibility index (Phi) is 3.59. The molecule has 0 aliphatic carbocycles. The molecule has 0 radical (unpaired) electrons. The Morgan fingerprint density at radius 2 is 2.31 bits per heavy atom. The van der Waals surface area contributed by atoms with Gasteiger partial charge in [-0.15, -0.1) is 11.3 Å². The minimum absolute atomic E-state index is 0.107. The predicted molar refractivity (Wildman–Crippen MR) is 55.7 cm³/mol. The van der Waals surface area contributed by atoms with Crippen molar-refractivity contribution in [2.45, 2.75) is 13.8 Å². The number of hydrogen-bond acceptors (Lipinski definition) is 3. The first-order valence-electron chi connectivity index (χ1n) is 4.02. The van der Waals surface area contributed by atoms with Gasteiger partial charge in [-0.05, 0) is 11.4 Å². The van der Waals surface area contributed by atoms with E-state index in [2.05, 4.69) is 0 Å². The lowest BCUT2D eigenvalue weighted by atomic mass is 9.97. The summed E-state index contributed by atoms with van der Waals surface area (Å²) in [6.07, 6.45) is 0. The highest BCUT2D eigenvalue weighted by Gasteiger charge is 2.18. The Balaban J connectivity index is 2.48. The zero-order chi connectivity index (χ0) is 9.90. The van der Waals surface area contributed by atoms with Crippen molar-refractivity contribution in [1.29, 1.82) is 0 Å². The molecule has 0 saturated carbocycles. The molecule has 1 heterocycles. The standard InChI is InChI=1S/C9H13ClO2S/c1-9(2,5-11)6-12-8-7(10)3-4-13-8/h3-4,11H,5-6H2,1-2H3. The summed E-state index contributed by atoms with van der Waals surface area (Å²) in [6, 6.07) is 1.80. The van der Waals surface area contributed by atoms with Crippen LogP contribution in [0.2, 0.25) is 5.02 Å². The van der Waals surface area contributed by atoms with Crippen LogP contribution in [0.3, 0.4) is 0 Å². The van der Waals surface area contributed by atoms with Gasteiger partial charge in [0.05, 0.1) is 18.2 Å². The molecule has 0 aliphatic heterocycles. The average Bonchev–Trinajstić information content (AvgIpc) is 2.48. The third-order valence-electron chi connectivity index (χ3n) is 1.61. The Labute approximate surface area is 87.1 Å². The van der Waals surface area contributed by atoms with Gasteiger partial charge in [0.25, 0.3) is 0 Å². The van der Waals surface area contributed by atoms with Crippen molar-refractivity contribution in [3.05, 3.63) is 16.5 Å². The molecule has 1 N–H and O–H groups in total. The van der Waals surface area contributed by atoms with Gasteiger partial charge in [0, 0.05) is 5.41 Å². The maximum Gasteiger partial charge on any atom is 0.192 e. The van der Waals surface area contributed by atoms with Crippen LogP contribution in [0.4, 0.5) is 0 Å². The first-order valence-corrected chi connectivity index (χ1v) is 5.27. The molecule has 1 rings (SSSR count). The van der Waals surface area contributed by atoms with Crippen LogP contribution in [0.25, 0.3) is 0 Å². The molecule has 0 spiro atoms. The van der Waals surface area contributed by atoms with Crippen molar-refractivity contribution in [3.63, 3.8) is 0 Å². The van der Waals surface area contributed by atoms with Crippen LogP contribution in [0.1, 0.15) is 13.8 Å². The van der Waals surface area contributed by atoms with Crippen LogP contribution < -0.4 is 4.74 Å². The van der Waals surface area contributed by atoms with E-state index in [9.17, 15) is 0 Å². The van der Waals surface area contributed by atoms with Crippen LogP contribution in [-0.4, -0.2) is 18.3 Å². The zero-order valence-electron chi connectivity index (χ0n) is 7.71. The fourth-order valence-electron chi connectivity index (χ4n) is 0.689. The van der Waals surface area contributed by atoms with E-state index in [-0.39, 0.29) is 12.0 Å². The van der Waals surface area contributed by atoms with Crippen molar-refractivity contribution in [2.24, 2.45) is 5.41 Å². The first kappa shape index (κ1) is 10.8. The van der Waals surface area contributed by atoms with Gasteiger partial charge in [-0.25, -0.2) is 0 Å². The molecule has 0 aromatic carbocycles. The molecule has 1 aromatic heterocycles. The third kappa shape index (κ3) is 3.18. The number of thiophene rings is 1. The number of hydrogen-bond donors (Lipinski definition) is 1. The lowest BCUT2D eigenvalue weighted by Gasteiger charge is -2.21. The summed E-state index contributed by atoms with van der Waals surface area (Å²) in [6.45, 7) is 4.46. The van der Waals surface area contributed by atoms with E-state index in [1.165, 1.54) is 11.3 Å². The summed E-state index contributed by atoms with van der Waals surface area (Å²) < 4.78 is 5.46. The van der Waals surface area contributed by atoms with E-state index in [1.807, 2.05) is 19.2 Å². The van der Waals surface area contributed by atoms with Crippen LogP contribution in [0, 0.1) is 5.41 Å². The van der Waals surface area contributed by atoms with Crippen LogP contribution in [0.15, 0.2) is 11.4 Å². The maximum atomic E-state index is 8.98. The third-order valence-corrected chi connectivity index (χ3v) is 2.84. The maximum absolute atomic E-state index is 8.98. The Bertz CT molecular complexity index is 270. The second kappa shape index (κ2) is 4.31. The monoisotopic (exact) mass is 220 g/mol. The second-order valence-corrected chi connectivity index (χ2v) is 4.95. The van der Waals surface area contributed by atoms with E-state index >= 15 is 0 Å². The number of ether oxygens (including phenoxy) is 1. The van der Waals surface area contributed by atoms with Gasteiger partial charge in [-0.2, -0.15) is 0 Å². The van der Waals surface area contributed by atoms with Crippen molar-refractivity contribution < 1.29 is 9.84 Å². The molecular formula is C9H13ClO2S. The lowest BCUT2D eigenvalue weighted by molar-refractivity contribution is 0.0995. The Morgan fingerprint density at radius 3 is 2.77 bits per heavy atom. The van der Waals surface area contributed by atoms with Crippen LogP contribution in [-0.2, 0) is 0 Å². The van der Waals surface area contributed by atoms with Gasteiger partial charge in [-0.3, -0.25) is 0 Å². The zero-order valence-corrected chi connectivity index (χ0v) is 9.28. The molecule has 0 aliphatic rings. The van der Waals surface area contributed by atoms with Gasteiger partial charge in [0.2, 0.25) is 0 Å². The minimum Gasteiger partial charge on any atom is -0.482 e. The van der Waals surface area contributed by atoms with Crippen molar-refractivity contribution in [3.8, 4) is 5.06 Å². The van der Waals surface area contributed by atoms with E-state index in [0.717, 1.165) is 5.06 Å². The lowest BCUT2D eigenvalue weighted by Crippen LogP contribution is -2.25. The minimum atomic E-state index is -0.215. The smallest absolute Gasteiger partial charge is 0.192 e. The molecule has 2 nitrogen and oxygen atoms in total. The SMILES string of the molecule is CC(C)(CO)COc1sccc1Cl. The highest BCUT2D eigenvalue weighted by molar-refractivity contribution is 7.12. The highest BCUT2D eigenvalue weighted by atomic mass is 35.5. The first-order chi connectivity index (χ1) is 6.05. The van der Waals surface area contributed by atoms with Crippen LogP contribution in [0.5, 0.6) is 5.06 Å². The summed E-state index contributed by atoms with van der Waals surface area (Å²) >= 11 is 7.30. The highest BCUT2D eigenvalue weighted by Crippen LogP contribution is 2.31. The molecule has 0 amide bonds. The van der Waals surface area contributed by atoms with Gasteiger partial charge in [0.1, 0.15) is 0 Å². The van der Waals surface area contributed by atoms with Gasteiger partial charge >= 0.3 is 0 Å². The van der Waals surface area contributed by atoms with E-state index in [4.69, 9.17) is 21.4 Å². The molecule has 0 fully saturated rings. The number of aliphatic hydroxyl groups excluding tert-OH is 1. The summed E-state index contributed by atoms with van der Waals surface area (Å²) in [5.74, 6) is 0. The van der Waals surface area contributed by atoms with Gasteiger partial charge in [-0.1, -0.05) is 25.4 Å². The number of halogens is 1. The summed E-state index contributed by atoms with van der Waals surface area (Å²) in [7, 11) is 0. The largest absolute Gasteiger partial charge is 0.482 e. The number of rotatable bonds is 4. The van der Waals surface area contributed by atoms with Crippen molar-refractivity contribution >= 4 is 22.9 Å². The summed E-state index contributed by atoms with van der Waals surface area (Å²) in [4.78, 5) is 0. The molecule has 0 unspecified atom stereocenters. The van der Waals surface area contributed by atoms with Crippen LogP contribution >= 0.6 is 22.9 Å². The van der Waals surface area contributed by atoms with Gasteiger partial charge in [0.15, 0.2) is 5.06 Å². The van der Waals surface area contributed by atoms with E-state index < -0.39 is 0 Å². The molecule has 74 valence electrons. The Hall–Kier alpha value is -0.250. The van der Waals surface area contributed by atoms with Crippen molar-refractivity contribution in [2.75, 3.05) is 13.2 Å².